The lowest BCUT2D eigenvalue weighted by Gasteiger charge is -2.30. The van der Waals surface area contributed by atoms with Crippen molar-refractivity contribution >= 4 is 34.0 Å². The number of nitrogens with two attached hydrogens (primary N) is 1. The second-order valence-corrected chi connectivity index (χ2v) is 8.46. The van der Waals surface area contributed by atoms with Crippen LogP contribution in [0.5, 0.6) is 0 Å². The van der Waals surface area contributed by atoms with Crippen molar-refractivity contribution in [2.75, 3.05) is 22.9 Å². The van der Waals surface area contributed by atoms with Crippen LogP contribution in [0.4, 0.5) is 30.8 Å². The summed E-state index contributed by atoms with van der Waals surface area (Å²) in [6.07, 6.45) is 4.82. The lowest BCUT2D eigenvalue weighted by atomic mass is 9.91. The fourth-order valence-corrected chi connectivity index (χ4v) is 4.39. The van der Waals surface area contributed by atoms with Crippen LogP contribution in [-0.2, 0) is 6.42 Å². The summed E-state index contributed by atoms with van der Waals surface area (Å²) in [6.45, 7) is 2.80. The summed E-state index contributed by atoms with van der Waals surface area (Å²) < 4.78 is 28.2. The molecule has 0 radical (unpaired) electrons. The highest BCUT2D eigenvalue weighted by Crippen LogP contribution is 2.38. The number of hydrogen-bond acceptors (Lipinski definition) is 5. The average molecular weight is 438 g/mol. The van der Waals surface area contributed by atoms with Crippen LogP contribution < -0.4 is 21.7 Å². The van der Waals surface area contributed by atoms with E-state index < -0.39 is 18.0 Å². The Bertz CT molecular complexity index is 1230. The van der Waals surface area contributed by atoms with Crippen LogP contribution in [0.1, 0.15) is 30.5 Å². The van der Waals surface area contributed by atoms with E-state index in [2.05, 4.69) is 25.9 Å². The quantitative estimate of drug-likeness (QED) is 0.456. The largest absolute Gasteiger partial charge is 0.396 e. The Balaban J connectivity index is 1.49. The third-order valence-electron chi connectivity index (χ3n) is 6.26. The topological polar surface area (TPSA) is 105 Å². The normalized spacial score (nSPS) is 19.6. The van der Waals surface area contributed by atoms with Crippen molar-refractivity contribution in [2.45, 2.75) is 44.8 Å². The Morgan fingerprint density at radius 2 is 2.03 bits per heavy atom. The molecule has 1 aliphatic carbocycles. The highest BCUT2D eigenvalue weighted by Gasteiger charge is 2.30. The van der Waals surface area contributed by atoms with Gasteiger partial charge in [-0.3, -0.25) is 10.3 Å². The number of rotatable bonds is 3. The summed E-state index contributed by atoms with van der Waals surface area (Å²) in [6, 6.07) is 2.72. The third-order valence-corrected chi connectivity index (χ3v) is 6.26. The van der Waals surface area contributed by atoms with Gasteiger partial charge < -0.3 is 16.4 Å². The summed E-state index contributed by atoms with van der Waals surface area (Å²) in [4.78, 5) is 20.9. The molecule has 2 amide bonds. The number of nitrogens with one attached hydrogen (secondary N) is 3. The highest BCUT2D eigenvalue weighted by molar-refractivity contribution is 5.99. The van der Waals surface area contributed by atoms with Crippen molar-refractivity contribution in [3.63, 3.8) is 0 Å². The number of aromatic nitrogens is 2. The molecule has 2 aliphatic rings. The second kappa shape index (κ2) is 7.89. The predicted octanol–water partition coefficient (Wildman–Crippen LogP) is 4.31. The molecular formula is C23H24F2N6O. The maximum Gasteiger partial charge on any atom is 0.320 e. The van der Waals surface area contributed by atoms with Crippen LogP contribution in [0.3, 0.4) is 0 Å². The Labute approximate surface area is 183 Å². The van der Waals surface area contributed by atoms with Gasteiger partial charge in [-0.05, 0) is 55.7 Å². The number of halogens is 2. The van der Waals surface area contributed by atoms with Gasteiger partial charge in [0.15, 0.2) is 5.82 Å². The van der Waals surface area contributed by atoms with Crippen LogP contribution in [0.2, 0.25) is 0 Å². The molecule has 0 unspecified atom stereocenters. The SMILES string of the molecule is Cc1c(-c2cc3cc(NC(=O)N[C@H]4C[C@H](F)C4)ncc3c(N)c2F)cnc2c1NCCC2. The minimum Gasteiger partial charge on any atom is -0.396 e. The van der Waals surface area contributed by atoms with E-state index in [-0.39, 0.29) is 11.7 Å². The first-order chi connectivity index (χ1) is 15.4. The first-order valence-electron chi connectivity index (χ1n) is 10.7. The number of nitrogen functional groups attached to an aromatic ring is 1. The van der Waals surface area contributed by atoms with E-state index in [1.807, 2.05) is 6.92 Å². The number of benzene rings is 1. The number of alkyl halides is 1. The van der Waals surface area contributed by atoms with Crippen molar-refractivity contribution < 1.29 is 13.6 Å². The van der Waals surface area contributed by atoms with E-state index in [1.165, 1.54) is 6.20 Å². The van der Waals surface area contributed by atoms with Crippen LogP contribution in [-0.4, -0.2) is 34.8 Å². The second-order valence-electron chi connectivity index (χ2n) is 8.46. The number of pyridine rings is 2. The summed E-state index contributed by atoms with van der Waals surface area (Å²) in [5.41, 5.74) is 9.98. The van der Waals surface area contributed by atoms with Gasteiger partial charge in [0.25, 0.3) is 0 Å². The Hall–Kier alpha value is -3.49. The lowest BCUT2D eigenvalue weighted by molar-refractivity contribution is 0.159. The highest BCUT2D eigenvalue weighted by atomic mass is 19.1. The summed E-state index contributed by atoms with van der Waals surface area (Å²) in [5, 5.41) is 9.82. The fourth-order valence-electron chi connectivity index (χ4n) is 4.39. The summed E-state index contributed by atoms with van der Waals surface area (Å²) in [5.74, 6) is -0.228. The fraction of sp³-hybridized carbons (Fsp3) is 0.348. The van der Waals surface area contributed by atoms with Gasteiger partial charge in [-0.25, -0.2) is 18.6 Å². The number of urea groups is 1. The molecule has 0 atom stereocenters. The maximum absolute atomic E-state index is 15.2. The summed E-state index contributed by atoms with van der Waals surface area (Å²) in [7, 11) is 0. The molecule has 3 aromatic rings. The van der Waals surface area contributed by atoms with E-state index in [0.717, 1.165) is 36.3 Å². The van der Waals surface area contributed by atoms with Gasteiger partial charge in [0.2, 0.25) is 0 Å². The average Bonchev–Trinajstić information content (AvgIpc) is 2.76. The van der Waals surface area contributed by atoms with Crippen molar-refractivity contribution in [1.29, 1.82) is 0 Å². The van der Waals surface area contributed by atoms with Crippen molar-refractivity contribution in [3.05, 3.63) is 41.6 Å². The first kappa shape index (κ1) is 20.4. The van der Waals surface area contributed by atoms with Crippen molar-refractivity contribution in [2.24, 2.45) is 0 Å². The van der Waals surface area contributed by atoms with Gasteiger partial charge in [0, 0.05) is 41.5 Å². The van der Waals surface area contributed by atoms with Gasteiger partial charge in [0.05, 0.1) is 17.1 Å². The molecule has 5 N–H and O–H groups in total. The number of anilines is 3. The number of nitrogens with zero attached hydrogens (tertiary/aromatic N) is 2. The van der Waals surface area contributed by atoms with E-state index in [0.29, 0.717) is 40.6 Å². The number of hydrogen-bond donors (Lipinski definition) is 4. The van der Waals surface area contributed by atoms with Gasteiger partial charge in [-0.1, -0.05) is 0 Å². The molecule has 5 rings (SSSR count). The van der Waals surface area contributed by atoms with Crippen LogP contribution in [0.15, 0.2) is 24.5 Å². The molecule has 1 fully saturated rings. The monoisotopic (exact) mass is 438 g/mol. The Morgan fingerprint density at radius 3 is 2.81 bits per heavy atom. The van der Waals surface area contributed by atoms with Crippen molar-refractivity contribution in [3.8, 4) is 11.1 Å². The number of carbonyl (C=O) groups excluding carboxylic acids is 1. The van der Waals surface area contributed by atoms with E-state index in [4.69, 9.17) is 5.73 Å². The molecule has 166 valence electrons. The molecule has 7 nitrogen and oxygen atoms in total. The molecule has 0 bridgehead atoms. The predicted molar refractivity (Wildman–Crippen MR) is 121 cm³/mol. The molecule has 0 saturated heterocycles. The van der Waals surface area contributed by atoms with E-state index in [9.17, 15) is 9.18 Å². The molecular weight excluding hydrogens is 414 g/mol. The van der Waals surface area contributed by atoms with Crippen molar-refractivity contribution in [1.82, 2.24) is 15.3 Å². The van der Waals surface area contributed by atoms with Crippen LogP contribution in [0.25, 0.3) is 21.9 Å². The maximum atomic E-state index is 15.2. The molecule has 1 aliphatic heterocycles. The number of fused-ring (bicyclic) bond motifs is 2. The van der Waals surface area contributed by atoms with Gasteiger partial charge in [-0.15, -0.1) is 0 Å². The minimum atomic E-state index is -0.855. The zero-order chi connectivity index (χ0) is 22.4. The molecule has 2 aromatic heterocycles. The van der Waals surface area contributed by atoms with Gasteiger partial charge >= 0.3 is 6.03 Å². The number of amides is 2. The summed E-state index contributed by atoms with van der Waals surface area (Å²) >= 11 is 0. The molecule has 0 spiro atoms. The molecule has 1 saturated carbocycles. The van der Waals surface area contributed by atoms with E-state index in [1.54, 1.807) is 18.3 Å². The van der Waals surface area contributed by atoms with Gasteiger partial charge in [0.1, 0.15) is 12.0 Å². The number of aryl methyl sites for hydroxylation is 1. The standard InChI is InChI=1S/C23H24F2N6O/c1-11-16(9-28-18-3-2-4-27-22(11)18)15-5-12-6-19(29-10-17(12)21(26)20(15)25)31-23(32)30-14-7-13(24)8-14/h5-6,9-10,13-14,27H,2-4,7-8,26H2,1H3,(H2,29,30,31,32)/t13-,14-. The first-order valence-corrected chi connectivity index (χ1v) is 10.7. The third kappa shape index (κ3) is 3.57. The molecule has 3 heterocycles. The lowest BCUT2D eigenvalue weighted by Crippen LogP contribution is -2.46. The molecule has 1 aromatic carbocycles. The minimum absolute atomic E-state index is 0.00506. The molecule has 9 heteroatoms. The van der Waals surface area contributed by atoms with Crippen LogP contribution >= 0.6 is 0 Å². The molecule has 32 heavy (non-hydrogen) atoms. The van der Waals surface area contributed by atoms with E-state index >= 15 is 4.39 Å². The van der Waals surface area contributed by atoms with Crippen LogP contribution in [0, 0.1) is 12.7 Å². The zero-order valence-corrected chi connectivity index (χ0v) is 17.6. The number of carbonyl (C=O) groups is 1. The zero-order valence-electron chi connectivity index (χ0n) is 17.6. The van der Waals surface area contributed by atoms with Gasteiger partial charge in [-0.2, -0.15) is 0 Å². The Morgan fingerprint density at radius 1 is 1.22 bits per heavy atom. The Kier molecular flexibility index (Phi) is 5.03. The smallest absolute Gasteiger partial charge is 0.320 e.